The molecular weight excluding hydrogens is 311 g/mol. The van der Waals surface area contributed by atoms with Gasteiger partial charge in [-0.25, -0.2) is 0 Å². The molecule has 0 bridgehead atoms. The SMILES string of the molecule is O=C(Nc1ccc(NC2CC2)nn1)c1ccc(Cl)c(Cl)c1. The lowest BCUT2D eigenvalue weighted by Crippen LogP contribution is -2.14. The van der Waals surface area contributed by atoms with Crippen molar-refractivity contribution < 1.29 is 4.79 Å². The number of carbonyl (C=O) groups excluding carboxylic acids is 1. The number of anilines is 2. The Morgan fingerprint density at radius 2 is 1.76 bits per heavy atom. The van der Waals surface area contributed by atoms with Gasteiger partial charge in [0.05, 0.1) is 10.0 Å². The fraction of sp³-hybridized carbons (Fsp3) is 0.214. The van der Waals surface area contributed by atoms with E-state index in [1.807, 2.05) is 0 Å². The molecule has 0 aliphatic heterocycles. The van der Waals surface area contributed by atoms with Gasteiger partial charge in [-0.15, -0.1) is 10.2 Å². The zero-order chi connectivity index (χ0) is 14.8. The molecule has 7 heteroatoms. The maximum atomic E-state index is 12.1. The molecule has 2 aromatic rings. The highest BCUT2D eigenvalue weighted by atomic mass is 35.5. The minimum atomic E-state index is -0.314. The number of carbonyl (C=O) groups is 1. The van der Waals surface area contributed by atoms with Gasteiger partial charge in [0.1, 0.15) is 5.82 Å². The van der Waals surface area contributed by atoms with Crippen LogP contribution < -0.4 is 10.6 Å². The quantitative estimate of drug-likeness (QED) is 0.902. The van der Waals surface area contributed by atoms with Crippen LogP contribution in [0.1, 0.15) is 23.2 Å². The van der Waals surface area contributed by atoms with Gasteiger partial charge in [0.2, 0.25) is 0 Å². The Morgan fingerprint density at radius 3 is 2.38 bits per heavy atom. The lowest BCUT2D eigenvalue weighted by molar-refractivity contribution is 0.102. The van der Waals surface area contributed by atoms with Gasteiger partial charge in [-0.1, -0.05) is 23.2 Å². The van der Waals surface area contributed by atoms with E-state index >= 15 is 0 Å². The summed E-state index contributed by atoms with van der Waals surface area (Å²) in [6.45, 7) is 0. The third kappa shape index (κ3) is 3.62. The van der Waals surface area contributed by atoms with E-state index in [0.717, 1.165) is 12.8 Å². The van der Waals surface area contributed by atoms with Gasteiger partial charge < -0.3 is 10.6 Å². The van der Waals surface area contributed by atoms with Gasteiger partial charge in [0.25, 0.3) is 5.91 Å². The molecule has 5 nitrogen and oxygen atoms in total. The first-order chi connectivity index (χ1) is 10.1. The minimum Gasteiger partial charge on any atom is -0.366 e. The third-order valence-corrected chi connectivity index (χ3v) is 3.76. The highest BCUT2D eigenvalue weighted by molar-refractivity contribution is 6.42. The number of hydrogen-bond donors (Lipinski definition) is 2. The van der Waals surface area contributed by atoms with Crippen LogP contribution in [0.5, 0.6) is 0 Å². The Labute approximate surface area is 131 Å². The molecule has 0 radical (unpaired) electrons. The third-order valence-electron chi connectivity index (χ3n) is 3.02. The molecule has 1 aromatic carbocycles. The smallest absolute Gasteiger partial charge is 0.256 e. The Balaban J connectivity index is 1.67. The monoisotopic (exact) mass is 322 g/mol. The molecule has 108 valence electrons. The van der Waals surface area contributed by atoms with E-state index in [-0.39, 0.29) is 5.91 Å². The highest BCUT2D eigenvalue weighted by Crippen LogP contribution is 2.24. The Morgan fingerprint density at radius 1 is 1.05 bits per heavy atom. The number of rotatable bonds is 4. The summed E-state index contributed by atoms with van der Waals surface area (Å²) in [6.07, 6.45) is 2.33. The van der Waals surface area contributed by atoms with Crippen LogP contribution in [0.2, 0.25) is 10.0 Å². The van der Waals surface area contributed by atoms with E-state index in [1.165, 1.54) is 6.07 Å². The molecule has 0 unspecified atom stereocenters. The second kappa shape index (κ2) is 5.87. The van der Waals surface area contributed by atoms with Crippen LogP contribution in [-0.4, -0.2) is 22.1 Å². The summed E-state index contributed by atoms with van der Waals surface area (Å²) < 4.78 is 0. The van der Waals surface area contributed by atoms with Gasteiger partial charge in [-0.3, -0.25) is 4.79 Å². The average Bonchev–Trinajstić information content (AvgIpc) is 3.28. The van der Waals surface area contributed by atoms with E-state index in [9.17, 15) is 4.79 Å². The molecule has 1 amide bonds. The second-order valence-corrected chi connectivity index (χ2v) is 5.62. The first-order valence-corrected chi connectivity index (χ1v) is 7.24. The van der Waals surface area contributed by atoms with E-state index in [4.69, 9.17) is 23.2 Å². The van der Waals surface area contributed by atoms with Crippen molar-refractivity contribution in [2.45, 2.75) is 18.9 Å². The molecule has 0 saturated heterocycles. The summed E-state index contributed by atoms with van der Waals surface area (Å²) in [5.41, 5.74) is 0.409. The van der Waals surface area contributed by atoms with Crippen molar-refractivity contribution in [3.05, 3.63) is 45.9 Å². The summed E-state index contributed by atoms with van der Waals surface area (Å²) in [7, 11) is 0. The van der Waals surface area contributed by atoms with Gasteiger partial charge in [0, 0.05) is 11.6 Å². The Kier molecular flexibility index (Phi) is 3.94. The van der Waals surface area contributed by atoms with E-state index in [0.29, 0.717) is 33.3 Å². The number of amides is 1. The summed E-state index contributed by atoms with van der Waals surface area (Å²) in [4.78, 5) is 12.1. The first kappa shape index (κ1) is 14.1. The van der Waals surface area contributed by atoms with Gasteiger partial charge >= 0.3 is 0 Å². The predicted octanol–water partition coefficient (Wildman–Crippen LogP) is 3.61. The van der Waals surface area contributed by atoms with Crippen LogP contribution in [0.25, 0.3) is 0 Å². The molecule has 1 aromatic heterocycles. The van der Waals surface area contributed by atoms with Crippen LogP contribution in [0.15, 0.2) is 30.3 Å². The summed E-state index contributed by atoms with van der Waals surface area (Å²) in [5, 5.41) is 14.6. The van der Waals surface area contributed by atoms with E-state index in [2.05, 4.69) is 20.8 Å². The van der Waals surface area contributed by atoms with Crippen LogP contribution in [-0.2, 0) is 0 Å². The molecule has 1 saturated carbocycles. The maximum absolute atomic E-state index is 12.1. The number of benzene rings is 1. The number of aromatic nitrogens is 2. The highest BCUT2D eigenvalue weighted by Gasteiger charge is 2.21. The molecule has 0 atom stereocenters. The summed E-state index contributed by atoms with van der Waals surface area (Å²) in [6, 6.07) is 8.68. The molecular formula is C14H12Cl2N4O. The lowest BCUT2D eigenvalue weighted by atomic mass is 10.2. The molecule has 1 fully saturated rings. The minimum absolute atomic E-state index is 0.314. The molecule has 3 rings (SSSR count). The van der Waals surface area contributed by atoms with Crippen molar-refractivity contribution in [3.8, 4) is 0 Å². The van der Waals surface area contributed by atoms with E-state index in [1.54, 1.807) is 24.3 Å². The van der Waals surface area contributed by atoms with Crippen LogP contribution in [0.3, 0.4) is 0 Å². The Hall–Kier alpha value is -1.85. The molecule has 1 heterocycles. The largest absolute Gasteiger partial charge is 0.366 e. The van der Waals surface area contributed by atoms with Crippen LogP contribution in [0.4, 0.5) is 11.6 Å². The van der Waals surface area contributed by atoms with Crippen molar-refractivity contribution in [1.82, 2.24) is 10.2 Å². The number of hydrogen-bond acceptors (Lipinski definition) is 4. The van der Waals surface area contributed by atoms with Gasteiger partial charge in [-0.2, -0.15) is 0 Å². The van der Waals surface area contributed by atoms with Crippen LogP contribution in [0, 0.1) is 0 Å². The van der Waals surface area contributed by atoms with Crippen molar-refractivity contribution >= 4 is 40.7 Å². The average molecular weight is 323 g/mol. The topological polar surface area (TPSA) is 66.9 Å². The molecule has 1 aliphatic carbocycles. The van der Waals surface area contributed by atoms with E-state index < -0.39 is 0 Å². The molecule has 21 heavy (non-hydrogen) atoms. The van der Waals surface area contributed by atoms with Crippen molar-refractivity contribution in [1.29, 1.82) is 0 Å². The number of nitrogens with zero attached hydrogens (tertiary/aromatic N) is 2. The van der Waals surface area contributed by atoms with Gasteiger partial charge in [-0.05, 0) is 43.2 Å². The summed E-state index contributed by atoms with van der Waals surface area (Å²) in [5.74, 6) is 0.781. The Bertz CT molecular complexity index is 671. The van der Waals surface area contributed by atoms with Crippen molar-refractivity contribution in [2.24, 2.45) is 0 Å². The van der Waals surface area contributed by atoms with Crippen molar-refractivity contribution in [3.63, 3.8) is 0 Å². The zero-order valence-corrected chi connectivity index (χ0v) is 12.4. The second-order valence-electron chi connectivity index (χ2n) is 4.81. The zero-order valence-electron chi connectivity index (χ0n) is 10.9. The van der Waals surface area contributed by atoms with Gasteiger partial charge in [0.15, 0.2) is 5.82 Å². The number of nitrogens with one attached hydrogen (secondary N) is 2. The summed E-state index contributed by atoms with van der Waals surface area (Å²) >= 11 is 11.7. The maximum Gasteiger partial charge on any atom is 0.256 e. The normalized spacial score (nSPS) is 13.8. The predicted molar refractivity (Wildman–Crippen MR) is 83.1 cm³/mol. The lowest BCUT2D eigenvalue weighted by Gasteiger charge is -2.06. The fourth-order valence-corrected chi connectivity index (χ4v) is 2.04. The fourth-order valence-electron chi connectivity index (χ4n) is 1.74. The molecule has 1 aliphatic rings. The van der Waals surface area contributed by atoms with Crippen molar-refractivity contribution in [2.75, 3.05) is 10.6 Å². The molecule has 2 N–H and O–H groups in total. The molecule has 0 spiro atoms. The van der Waals surface area contributed by atoms with Crippen LogP contribution >= 0.6 is 23.2 Å². The number of halogens is 2. The first-order valence-electron chi connectivity index (χ1n) is 6.48. The standard InChI is InChI=1S/C14H12Cl2N4O/c15-10-4-1-8(7-11(10)16)14(21)18-13-6-5-12(19-20-13)17-9-2-3-9/h1,4-7,9H,2-3H2,(H,17,19)(H,18,20,21).